The van der Waals surface area contributed by atoms with Gasteiger partial charge in [-0.3, -0.25) is 4.79 Å². The van der Waals surface area contributed by atoms with Gasteiger partial charge in [-0.15, -0.1) is 0 Å². The molecular weight excluding hydrogens is 318 g/mol. The number of hydrogen-bond donors (Lipinski definition) is 0. The molecule has 122 valence electrons. The van der Waals surface area contributed by atoms with Crippen molar-refractivity contribution in [2.24, 2.45) is 0 Å². The van der Waals surface area contributed by atoms with Gasteiger partial charge in [-0.05, 0) is 18.6 Å². The Kier molecular flexibility index (Phi) is 5.11. The Bertz CT molecular complexity index is 833. The van der Waals surface area contributed by atoms with E-state index in [0.29, 0.717) is 5.75 Å². The lowest BCUT2D eigenvalue weighted by atomic mass is 10.1. The number of carbonyl (C=O) groups excluding carboxylic acids is 1. The van der Waals surface area contributed by atoms with Crippen LogP contribution in [-0.2, 0) is 4.79 Å². The van der Waals surface area contributed by atoms with Gasteiger partial charge in [-0.25, -0.2) is 9.97 Å². The van der Waals surface area contributed by atoms with Crippen LogP contribution in [-0.4, -0.2) is 33.6 Å². The van der Waals surface area contributed by atoms with Crippen LogP contribution in [0.25, 0.3) is 10.9 Å². The van der Waals surface area contributed by atoms with Gasteiger partial charge in [0.2, 0.25) is 5.91 Å². The maximum absolute atomic E-state index is 12.5. The van der Waals surface area contributed by atoms with Crippen LogP contribution in [0.15, 0.2) is 66.0 Å². The minimum absolute atomic E-state index is 0.0430. The molecule has 1 unspecified atom stereocenters. The first-order valence-corrected chi connectivity index (χ1v) is 8.78. The van der Waals surface area contributed by atoms with Gasteiger partial charge in [-0.2, -0.15) is 0 Å². The number of rotatable bonds is 5. The zero-order chi connectivity index (χ0) is 16.9. The number of benzene rings is 2. The average Bonchev–Trinajstić information content (AvgIpc) is 2.65. The van der Waals surface area contributed by atoms with Gasteiger partial charge in [0.05, 0.1) is 17.3 Å². The zero-order valence-electron chi connectivity index (χ0n) is 13.7. The molecule has 0 N–H and O–H groups in total. The van der Waals surface area contributed by atoms with Gasteiger partial charge in [0, 0.05) is 12.4 Å². The van der Waals surface area contributed by atoms with Crippen molar-refractivity contribution in [2.45, 2.75) is 18.0 Å². The van der Waals surface area contributed by atoms with Crippen LogP contribution in [0, 0.1) is 0 Å². The number of nitrogens with zero attached hydrogens (tertiary/aromatic N) is 3. The lowest BCUT2D eigenvalue weighted by Crippen LogP contribution is -2.31. The second-order valence-corrected chi connectivity index (χ2v) is 6.54. The van der Waals surface area contributed by atoms with Gasteiger partial charge in [0.25, 0.3) is 0 Å². The number of thioether (sulfide) groups is 1. The minimum Gasteiger partial charge on any atom is -0.338 e. The second-order valence-electron chi connectivity index (χ2n) is 5.58. The first-order valence-electron chi connectivity index (χ1n) is 7.80. The Morgan fingerprint density at radius 3 is 2.58 bits per heavy atom. The Hall–Kier alpha value is -2.40. The fourth-order valence-electron chi connectivity index (χ4n) is 2.50. The summed E-state index contributed by atoms with van der Waals surface area (Å²) in [5.41, 5.74) is 2.03. The lowest BCUT2D eigenvalue weighted by Gasteiger charge is -2.25. The molecule has 1 heterocycles. The molecule has 1 atom stereocenters. The summed E-state index contributed by atoms with van der Waals surface area (Å²) in [6, 6.07) is 17.9. The van der Waals surface area contributed by atoms with Gasteiger partial charge >= 0.3 is 0 Å². The smallest absolute Gasteiger partial charge is 0.233 e. The van der Waals surface area contributed by atoms with E-state index in [1.54, 1.807) is 11.2 Å². The topological polar surface area (TPSA) is 46.1 Å². The van der Waals surface area contributed by atoms with Crippen molar-refractivity contribution in [2.75, 3.05) is 12.8 Å². The normalized spacial score (nSPS) is 12.1. The molecule has 1 amide bonds. The summed E-state index contributed by atoms with van der Waals surface area (Å²) in [7, 11) is 1.85. The van der Waals surface area contributed by atoms with E-state index >= 15 is 0 Å². The first-order chi connectivity index (χ1) is 11.7. The van der Waals surface area contributed by atoms with E-state index < -0.39 is 0 Å². The van der Waals surface area contributed by atoms with Crippen molar-refractivity contribution >= 4 is 28.6 Å². The molecule has 0 spiro atoms. The summed E-state index contributed by atoms with van der Waals surface area (Å²) < 4.78 is 0. The quantitative estimate of drug-likeness (QED) is 0.522. The van der Waals surface area contributed by atoms with Gasteiger partial charge < -0.3 is 4.90 Å². The van der Waals surface area contributed by atoms with Crippen LogP contribution < -0.4 is 0 Å². The number of amides is 1. The summed E-state index contributed by atoms with van der Waals surface area (Å²) >= 11 is 1.46. The SMILES string of the molecule is CC(c1ccccc1)N(C)C(=O)CSc1ncnc2ccccc12. The molecule has 0 aliphatic carbocycles. The number of carbonyl (C=O) groups is 1. The molecule has 2 aromatic carbocycles. The van der Waals surface area contributed by atoms with Crippen molar-refractivity contribution in [3.05, 3.63) is 66.5 Å². The fourth-order valence-corrected chi connectivity index (χ4v) is 3.41. The summed E-state index contributed by atoms with van der Waals surface area (Å²) in [4.78, 5) is 22.9. The van der Waals surface area contributed by atoms with Gasteiger partial charge in [-0.1, -0.05) is 60.3 Å². The van der Waals surface area contributed by atoms with Crippen molar-refractivity contribution < 1.29 is 4.79 Å². The molecular formula is C19H19N3OS. The summed E-state index contributed by atoms with van der Waals surface area (Å²) in [5.74, 6) is 0.438. The number of para-hydroxylation sites is 1. The summed E-state index contributed by atoms with van der Waals surface area (Å²) in [6.07, 6.45) is 1.55. The number of aromatic nitrogens is 2. The molecule has 0 saturated carbocycles. The predicted molar refractivity (Wildman–Crippen MR) is 97.9 cm³/mol. The third kappa shape index (κ3) is 3.57. The zero-order valence-corrected chi connectivity index (χ0v) is 14.5. The van der Waals surface area contributed by atoms with Crippen molar-refractivity contribution in [3.8, 4) is 0 Å². The maximum Gasteiger partial charge on any atom is 0.233 e. The van der Waals surface area contributed by atoms with Crippen LogP contribution in [0.1, 0.15) is 18.5 Å². The van der Waals surface area contributed by atoms with Crippen molar-refractivity contribution in [1.82, 2.24) is 14.9 Å². The largest absolute Gasteiger partial charge is 0.338 e. The van der Waals surface area contributed by atoms with Crippen LogP contribution in [0.2, 0.25) is 0 Å². The standard InChI is InChI=1S/C19H19N3OS/c1-14(15-8-4-3-5-9-15)22(2)18(23)12-24-19-16-10-6-7-11-17(16)20-13-21-19/h3-11,13-14H,12H2,1-2H3. The molecule has 3 rings (SSSR count). The number of fused-ring (bicyclic) bond motifs is 1. The molecule has 0 aliphatic rings. The maximum atomic E-state index is 12.5. The monoisotopic (exact) mass is 337 g/mol. The van der Waals surface area contributed by atoms with Crippen molar-refractivity contribution in [3.63, 3.8) is 0 Å². The lowest BCUT2D eigenvalue weighted by molar-refractivity contribution is -0.128. The Morgan fingerprint density at radius 2 is 1.79 bits per heavy atom. The fraction of sp³-hybridized carbons (Fsp3) is 0.211. The van der Waals surface area contributed by atoms with E-state index in [1.807, 2.05) is 68.6 Å². The van der Waals surface area contributed by atoms with E-state index in [0.717, 1.165) is 21.5 Å². The molecule has 24 heavy (non-hydrogen) atoms. The van der Waals surface area contributed by atoms with E-state index in [2.05, 4.69) is 9.97 Å². The highest BCUT2D eigenvalue weighted by molar-refractivity contribution is 8.00. The molecule has 0 fully saturated rings. The Labute approximate surface area is 145 Å². The highest BCUT2D eigenvalue weighted by Crippen LogP contribution is 2.25. The third-order valence-electron chi connectivity index (χ3n) is 4.09. The van der Waals surface area contributed by atoms with E-state index in [9.17, 15) is 4.79 Å². The molecule has 3 aromatic rings. The van der Waals surface area contributed by atoms with Gasteiger partial charge in [0.15, 0.2) is 0 Å². The molecule has 0 aliphatic heterocycles. The third-order valence-corrected chi connectivity index (χ3v) is 5.08. The second kappa shape index (κ2) is 7.45. The van der Waals surface area contributed by atoms with Crippen LogP contribution in [0.3, 0.4) is 0 Å². The number of hydrogen-bond acceptors (Lipinski definition) is 4. The van der Waals surface area contributed by atoms with Crippen LogP contribution >= 0.6 is 11.8 Å². The Balaban J connectivity index is 1.68. The average molecular weight is 337 g/mol. The molecule has 4 nitrogen and oxygen atoms in total. The van der Waals surface area contributed by atoms with Gasteiger partial charge in [0.1, 0.15) is 11.4 Å². The van der Waals surface area contributed by atoms with Crippen LogP contribution in [0.5, 0.6) is 0 Å². The Morgan fingerprint density at radius 1 is 1.08 bits per heavy atom. The highest BCUT2D eigenvalue weighted by atomic mass is 32.2. The first kappa shape index (κ1) is 16.5. The molecule has 0 radical (unpaired) electrons. The summed E-state index contributed by atoms with van der Waals surface area (Å²) in [5, 5.41) is 1.83. The minimum atomic E-state index is 0.0430. The van der Waals surface area contributed by atoms with Crippen molar-refractivity contribution in [1.29, 1.82) is 0 Å². The highest BCUT2D eigenvalue weighted by Gasteiger charge is 2.18. The molecule has 5 heteroatoms. The summed E-state index contributed by atoms with van der Waals surface area (Å²) in [6.45, 7) is 2.04. The molecule has 1 aromatic heterocycles. The molecule has 0 saturated heterocycles. The molecule has 0 bridgehead atoms. The van der Waals surface area contributed by atoms with E-state index in [1.165, 1.54) is 11.8 Å². The predicted octanol–water partition coefficient (Wildman–Crippen LogP) is 3.94. The van der Waals surface area contributed by atoms with E-state index in [-0.39, 0.29) is 11.9 Å². The van der Waals surface area contributed by atoms with E-state index in [4.69, 9.17) is 0 Å². The van der Waals surface area contributed by atoms with Crippen LogP contribution in [0.4, 0.5) is 0 Å².